The molecule has 2 aromatic carbocycles. The summed E-state index contributed by atoms with van der Waals surface area (Å²) in [6.45, 7) is 4.18. The van der Waals surface area contributed by atoms with Crippen molar-refractivity contribution in [2.45, 2.75) is 32.7 Å². The van der Waals surface area contributed by atoms with E-state index < -0.39 is 6.04 Å². The molecule has 0 bridgehead atoms. The predicted molar refractivity (Wildman–Crippen MR) is 132 cm³/mol. The predicted octanol–water partition coefficient (Wildman–Crippen LogP) is 5.02. The minimum absolute atomic E-state index is 0.0575. The Morgan fingerprint density at radius 3 is 2.47 bits per heavy atom. The van der Waals surface area contributed by atoms with Gasteiger partial charge in [0.15, 0.2) is 10.6 Å². The molecule has 5 rings (SSSR count). The van der Waals surface area contributed by atoms with Gasteiger partial charge in [-0.3, -0.25) is 14.2 Å². The number of ketones is 1. The van der Waals surface area contributed by atoms with Crippen molar-refractivity contribution in [2.24, 2.45) is 10.4 Å². The summed E-state index contributed by atoms with van der Waals surface area (Å²) in [6.07, 6.45) is 3.03. The standard InChI is InChI=1S/C25H20BrClN2O2S/c1-25(2)12-18-21(19(30)13-25)22(15-5-9-17(27)10-6-15)29-23(31)20(32-24(29)28-18)11-14-3-7-16(26)8-4-14/h3-11,22H,12-13H2,1-2H3. The van der Waals surface area contributed by atoms with Crippen LogP contribution in [0, 0.1) is 5.41 Å². The molecule has 32 heavy (non-hydrogen) atoms. The van der Waals surface area contributed by atoms with Gasteiger partial charge in [0.25, 0.3) is 5.56 Å². The van der Waals surface area contributed by atoms with Gasteiger partial charge >= 0.3 is 0 Å². The normalized spacial score (nSPS) is 20.1. The number of carbonyl (C=O) groups is 1. The molecule has 0 saturated carbocycles. The summed E-state index contributed by atoms with van der Waals surface area (Å²) in [6, 6.07) is 14.7. The van der Waals surface area contributed by atoms with Crippen molar-refractivity contribution in [3.63, 3.8) is 0 Å². The molecule has 0 fully saturated rings. The first-order chi connectivity index (χ1) is 15.2. The van der Waals surface area contributed by atoms with Gasteiger partial charge in [-0.15, -0.1) is 0 Å². The van der Waals surface area contributed by atoms with Crippen LogP contribution in [0.3, 0.4) is 0 Å². The molecule has 162 valence electrons. The van der Waals surface area contributed by atoms with Gasteiger partial charge in [0, 0.05) is 21.5 Å². The molecule has 0 radical (unpaired) electrons. The molecular weight excluding hydrogens is 508 g/mol. The second kappa shape index (κ2) is 7.94. The number of aromatic nitrogens is 1. The number of nitrogens with zero attached hydrogens (tertiary/aromatic N) is 2. The Morgan fingerprint density at radius 1 is 1.09 bits per heavy atom. The van der Waals surface area contributed by atoms with Crippen LogP contribution in [0.15, 0.2) is 74.1 Å². The quantitative estimate of drug-likeness (QED) is 0.470. The molecule has 3 aromatic rings. The summed E-state index contributed by atoms with van der Waals surface area (Å²) < 4.78 is 3.25. The van der Waals surface area contributed by atoms with E-state index in [1.54, 1.807) is 16.7 Å². The van der Waals surface area contributed by atoms with Gasteiger partial charge in [-0.1, -0.05) is 77.0 Å². The number of halogens is 2. The molecule has 0 N–H and O–H groups in total. The Labute approximate surface area is 202 Å². The van der Waals surface area contributed by atoms with Crippen molar-refractivity contribution in [3.05, 3.63) is 100 Å². The third-order valence-electron chi connectivity index (χ3n) is 5.85. The van der Waals surface area contributed by atoms with E-state index in [-0.39, 0.29) is 16.8 Å². The lowest BCUT2D eigenvalue weighted by Crippen LogP contribution is -2.42. The molecule has 0 spiro atoms. The number of allylic oxidation sites excluding steroid dienone is 2. The van der Waals surface area contributed by atoms with Crippen molar-refractivity contribution < 1.29 is 4.79 Å². The molecule has 4 nitrogen and oxygen atoms in total. The number of carbonyl (C=O) groups excluding carboxylic acids is 1. The van der Waals surface area contributed by atoms with Gasteiger partial charge in [-0.05, 0) is 53.3 Å². The lowest BCUT2D eigenvalue weighted by molar-refractivity contribution is -0.118. The second-order valence-electron chi connectivity index (χ2n) is 8.99. The van der Waals surface area contributed by atoms with E-state index in [0.29, 0.717) is 32.8 Å². The lowest BCUT2D eigenvalue weighted by Gasteiger charge is -2.35. The molecular formula is C25H20BrClN2O2S. The molecule has 0 amide bonds. The summed E-state index contributed by atoms with van der Waals surface area (Å²) in [5.74, 6) is 0.0575. The van der Waals surface area contributed by atoms with E-state index in [0.717, 1.165) is 21.3 Å². The number of Topliss-reactive ketones (excluding diaryl/α,β-unsaturated/α-hetero) is 1. The molecule has 1 atom stereocenters. The van der Waals surface area contributed by atoms with Gasteiger partial charge in [0.2, 0.25) is 0 Å². The fraction of sp³-hybridized carbons (Fsp3) is 0.240. The summed E-state index contributed by atoms with van der Waals surface area (Å²) >= 11 is 10.9. The van der Waals surface area contributed by atoms with Crippen molar-refractivity contribution in [1.82, 2.24) is 4.57 Å². The Bertz CT molecular complexity index is 1450. The zero-order chi connectivity index (χ0) is 22.6. The summed E-state index contributed by atoms with van der Waals surface area (Å²) in [5, 5.41) is 0.613. The summed E-state index contributed by atoms with van der Waals surface area (Å²) in [7, 11) is 0. The zero-order valence-electron chi connectivity index (χ0n) is 17.6. The Morgan fingerprint density at radius 2 is 1.78 bits per heavy atom. The second-order valence-corrected chi connectivity index (χ2v) is 11.3. The Hall–Kier alpha value is -2.28. The molecule has 2 aliphatic rings. The third kappa shape index (κ3) is 3.85. The highest BCUT2D eigenvalue weighted by Gasteiger charge is 2.40. The van der Waals surface area contributed by atoms with Crippen LogP contribution in [-0.2, 0) is 4.79 Å². The monoisotopic (exact) mass is 526 g/mol. The van der Waals surface area contributed by atoms with Crippen LogP contribution in [0.2, 0.25) is 5.02 Å². The Kier molecular flexibility index (Phi) is 5.35. The number of rotatable bonds is 2. The highest BCUT2D eigenvalue weighted by atomic mass is 79.9. The lowest BCUT2D eigenvalue weighted by atomic mass is 9.73. The highest BCUT2D eigenvalue weighted by molar-refractivity contribution is 9.10. The topological polar surface area (TPSA) is 51.4 Å². The molecule has 7 heteroatoms. The highest BCUT2D eigenvalue weighted by Crippen LogP contribution is 2.43. The SMILES string of the molecule is CC1(C)CC(=O)C2=C(C1)N=c1sc(=Cc3ccc(Br)cc3)c(=O)n1C2c1ccc(Cl)cc1. The fourth-order valence-corrected chi connectivity index (χ4v) is 5.83. The summed E-state index contributed by atoms with van der Waals surface area (Å²) in [4.78, 5) is 32.3. The number of thiazole rings is 1. The molecule has 1 aliphatic carbocycles. The maximum Gasteiger partial charge on any atom is 0.271 e. The van der Waals surface area contributed by atoms with Crippen LogP contribution >= 0.6 is 38.9 Å². The largest absolute Gasteiger partial charge is 0.294 e. The minimum atomic E-state index is -0.491. The number of fused-ring (bicyclic) bond motifs is 1. The van der Waals surface area contributed by atoms with Crippen LogP contribution in [0.1, 0.15) is 43.9 Å². The number of hydrogen-bond donors (Lipinski definition) is 0. The van der Waals surface area contributed by atoms with Crippen molar-refractivity contribution in [1.29, 1.82) is 0 Å². The van der Waals surface area contributed by atoms with E-state index >= 15 is 0 Å². The minimum Gasteiger partial charge on any atom is -0.294 e. The van der Waals surface area contributed by atoms with Crippen LogP contribution in [0.5, 0.6) is 0 Å². The number of hydrogen-bond acceptors (Lipinski definition) is 4. The van der Waals surface area contributed by atoms with Gasteiger partial charge < -0.3 is 0 Å². The average Bonchev–Trinajstić information content (AvgIpc) is 3.03. The zero-order valence-corrected chi connectivity index (χ0v) is 20.7. The smallest absolute Gasteiger partial charge is 0.271 e. The maximum atomic E-state index is 13.6. The fourth-order valence-electron chi connectivity index (χ4n) is 4.42. The van der Waals surface area contributed by atoms with Gasteiger partial charge in [0.05, 0.1) is 16.3 Å². The first kappa shape index (κ1) is 21.6. The average molecular weight is 528 g/mol. The van der Waals surface area contributed by atoms with Gasteiger partial charge in [-0.25, -0.2) is 4.99 Å². The van der Waals surface area contributed by atoms with Crippen molar-refractivity contribution in [2.75, 3.05) is 0 Å². The van der Waals surface area contributed by atoms with E-state index in [1.807, 2.05) is 42.5 Å². The van der Waals surface area contributed by atoms with E-state index in [9.17, 15) is 9.59 Å². The van der Waals surface area contributed by atoms with E-state index in [2.05, 4.69) is 29.8 Å². The van der Waals surface area contributed by atoms with Gasteiger partial charge in [0.1, 0.15) is 0 Å². The number of benzene rings is 2. The summed E-state index contributed by atoms with van der Waals surface area (Å²) in [5.41, 5.74) is 2.93. The van der Waals surface area contributed by atoms with E-state index in [1.165, 1.54) is 11.3 Å². The van der Waals surface area contributed by atoms with Crippen molar-refractivity contribution in [3.8, 4) is 0 Å². The van der Waals surface area contributed by atoms with Crippen LogP contribution in [0.25, 0.3) is 6.08 Å². The van der Waals surface area contributed by atoms with Crippen LogP contribution in [0.4, 0.5) is 0 Å². The Balaban J connectivity index is 1.76. The van der Waals surface area contributed by atoms with Crippen LogP contribution in [-0.4, -0.2) is 10.4 Å². The molecule has 1 unspecified atom stereocenters. The first-order valence-electron chi connectivity index (χ1n) is 10.3. The molecule has 1 aliphatic heterocycles. The molecule has 2 heterocycles. The molecule has 0 saturated heterocycles. The first-order valence-corrected chi connectivity index (χ1v) is 12.3. The van der Waals surface area contributed by atoms with Crippen LogP contribution < -0.4 is 14.9 Å². The molecule has 1 aromatic heterocycles. The third-order valence-corrected chi connectivity index (χ3v) is 7.61. The maximum absolute atomic E-state index is 13.6. The van der Waals surface area contributed by atoms with Gasteiger partial charge in [-0.2, -0.15) is 0 Å². The van der Waals surface area contributed by atoms with E-state index in [4.69, 9.17) is 16.6 Å². The van der Waals surface area contributed by atoms with Crippen molar-refractivity contribution >= 4 is 50.7 Å².